The summed E-state index contributed by atoms with van der Waals surface area (Å²) < 4.78 is 0. The van der Waals surface area contributed by atoms with E-state index in [9.17, 15) is 0 Å². The molecule has 0 amide bonds. The first-order valence-electron chi connectivity index (χ1n) is 24.4. The number of aryl methyl sites for hydroxylation is 4. The maximum Gasteiger partial charge on any atom is 0.0920 e. The molecule has 0 nitrogen and oxygen atoms in total. The number of benzene rings is 6. The summed E-state index contributed by atoms with van der Waals surface area (Å²) in [5.41, 5.74) is 20.2. The molecule has 0 saturated heterocycles. The van der Waals surface area contributed by atoms with Crippen LogP contribution < -0.4 is 10.4 Å². The van der Waals surface area contributed by atoms with Crippen molar-refractivity contribution >= 4 is 58.5 Å². The predicted molar refractivity (Wildman–Crippen MR) is 300 cm³/mol. The van der Waals surface area contributed by atoms with Crippen LogP contribution in [0.25, 0.3) is 54.9 Å². The maximum absolute atomic E-state index is 4.93. The van der Waals surface area contributed by atoms with Crippen LogP contribution in [0.15, 0.2) is 127 Å². The van der Waals surface area contributed by atoms with Crippen LogP contribution in [-0.2, 0) is 55.3 Å². The summed E-state index contributed by atoms with van der Waals surface area (Å²) in [6.07, 6.45) is 2.11. The van der Waals surface area contributed by atoms with E-state index in [4.69, 9.17) is 17.0 Å². The Balaban J connectivity index is 0.000000171. The molecule has 0 spiro atoms. The van der Waals surface area contributed by atoms with Gasteiger partial charge in [-0.25, -0.2) is 0 Å². The molecule has 4 heteroatoms. The molecule has 0 unspecified atom stereocenters. The van der Waals surface area contributed by atoms with Gasteiger partial charge in [-0.1, -0.05) is 204 Å². The van der Waals surface area contributed by atoms with Crippen molar-refractivity contribution in [3.05, 3.63) is 178 Å². The van der Waals surface area contributed by atoms with Gasteiger partial charge in [0, 0.05) is 0 Å². The van der Waals surface area contributed by atoms with Crippen LogP contribution in [0.4, 0.5) is 0 Å². The van der Waals surface area contributed by atoms with Crippen molar-refractivity contribution in [1.82, 2.24) is 0 Å². The van der Waals surface area contributed by atoms with Gasteiger partial charge < -0.3 is 0 Å². The smallest absolute Gasteiger partial charge is 0.0920 e. The molecule has 1 aliphatic rings. The van der Waals surface area contributed by atoms with Gasteiger partial charge in [0.05, 0.1) is 9.52 Å². The van der Waals surface area contributed by atoms with Crippen molar-refractivity contribution in [3.8, 4) is 33.4 Å². The Labute approximate surface area is 432 Å². The fourth-order valence-corrected chi connectivity index (χ4v) is 10.5. The molecular weight excluding hydrogens is 959 g/mol. The van der Waals surface area contributed by atoms with E-state index in [0.717, 1.165) is 22.4 Å². The molecule has 8 aromatic rings. The molecule has 354 valence electrons. The molecule has 0 atom stereocenters. The molecule has 2 radical (unpaired) electrons. The first-order chi connectivity index (χ1) is 31.9. The van der Waals surface area contributed by atoms with Crippen molar-refractivity contribution in [3.63, 3.8) is 0 Å². The van der Waals surface area contributed by atoms with Gasteiger partial charge in [-0.15, -0.1) is 74.6 Å². The third-order valence-corrected chi connectivity index (χ3v) is 14.6. The molecule has 9 rings (SSSR count). The average Bonchev–Trinajstić information content (AvgIpc) is 3.97. The molecule has 0 fully saturated rings. The first-order valence-corrected chi connectivity index (χ1v) is 31.7. The molecule has 0 bridgehead atoms. The van der Waals surface area contributed by atoms with Crippen molar-refractivity contribution in [2.75, 3.05) is 0 Å². The topological polar surface area (TPSA) is 0 Å². The Hall–Kier alpha value is -3.78. The summed E-state index contributed by atoms with van der Waals surface area (Å²) in [5.74, 6) is 0. The Morgan fingerprint density at radius 2 is 0.882 bits per heavy atom. The van der Waals surface area contributed by atoms with Crippen LogP contribution in [-0.4, -0.2) is 9.52 Å². The average molecular weight is 1030 g/mol. The Bertz CT molecular complexity index is 2730. The second-order valence-electron chi connectivity index (χ2n) is 22.8. The van der Waals surface area contributed by atoms with Crippen LogP contribution >= 0.6 is 17.0 Å². The van der Waals surface area contributed by atoms with Gasteiger partial charge in [-0.3, -0.25) is 0 Å². The van der Waals surface area contributed by atoms with E-state index in [1.54, 1.807) is 0 Å². The second-order valence-corrected chi connectivity index (χ2v) is 27.8. The van der Waals surface area contributed by atoms with Crippen molar-refractivity contribution in [1.29, 1.82) is 0 Å². The summed E-state index contributed by atoms with van der Waals surface area (Å²) in [4.78, 5) is 0. The van der Waals surface area contributed by atoms with Crippen LogP contribution in [0, 0.1) is 19.9 Å². The molecule has 0 N–H and O–H groups in total. The van der Waals surface area contributed by atoms with Gasteiger partial charge in [0.1, 0.15) is 0 Å². The molecular formula is C64H73Cl2SiZr-3. The van der Waals surface area contributed by atoms with Crippen LogP contribution in [0.3, 0.4) is 0 Å². The van der Waals surface area contributed by atoms with Gasteiger partial charge in [0.2, 0.25) is 0 Å². The summed E-state index contributed by atoms with van der Waals surface area (Å²) in [7, 11) is 10.7. The molecule has 0 aliphatic carbocycles. The largest absolute Gasteiger partial charge is 0.184 e. The molecule has 8 aromatic carbocycles. The first kappa shape index (κ1) is 53.6. The van der Waals surface area contributed by atoms with E-state index in [1.165, 1.54) is 110 Å². The minimum absolute atomic E-state index is 0.137. The Kier molecular flexibility index (Phi) is 17.1. The Morgan fingerprint density at radius 3 is 1.26 bits per heavy atom. The number of hydrogen-bond donors (Lipinski definition) is 0. The Morgan fingerprint density at radius 1 is 0.500 bits per heavy atom. The summed E-state index contributed by atoms with van der Waals surface area (Å²) in [6.45, 7) is 36.7. The third-order valence-electron chi connectivity index (χ3n) is 13.2. The number of rotatable bonds is 4. The van der Waals surface area contributed by atoms with Gasteiger partial charge in [-0.05, 0) is 67.9 Å². The molecule has 1 heterocycles. The quantitative estimate of drug-likeness (QED) is 0.122. The van der Waals surface area contributed by atoms with Crippen LogP contribution in [0.1, 0.15) is 141 Å². The summed E-state index contributed by atoms with van der Waals surface area (Å²) >= 11 is -0.826. The zero-order valence-corrected chi connectivity index (χ0v) is 48.8. The second kappa shape index (κ2) is 21.7. The van der Waals surface area contributed by atoms with Crippen molar-refractivity contribution < 1.29 is 20.8 Å². The van der Waals surface area contributed by atoms with Crippen LogP contribution in [0.2, 0.25) is 0 Å². The predicted octanol–water partition coefficient (Wildman–Crippen LogP) is 17.9. The molecule has 68 heavy (non-hydrogen) atoms. The van der Waals surface area contributed by atoms with E-state index in [-0.39, 0.29) is 21.7 Å². The number of hydrogen-bond acceptors (Lipinski definition) is 0. The van der Waals surface area contributed by atoms with E-state index < -0.39 is 20.8 Å². The molecule has 1 aliphatic heterocycles. The number of halogens is 2. The summed E-state index contributed by atoms with van der Waals surface area (Å²) in [5, 5.41) is 8.32. The normalized spacial score (nSPS) is 12.3. The van der Waals surface area contributed by atoms with Crippen LogP contribution in [0.5, 0.6) is 0 Å². The van der Waals surface area contributed by atoms with Crippen molar-refractivity contribution in [2.24, 2.45) is 0 Å². The summed E-state index contributed by atoms with van der Waals surface area (Å²) in [6, 6.07) is 51.2. The van der Waals surface area contributed by atoms with Gasteiger partial charge in [0.15, 0.2) is 0 Å². The van der Waals surface area contributed by atoms with E-state index >= 15 is 0 Å². The standard InChI is InChI=1S/2C26H33.C12H7Si.2ClH.Zr/c2*1-9-18-10-11-19-12-17(2)13-23(19)24(18)20-14-21(25(3,4)5)16-22(15-20)26(6,7)8;1-3-7-11-9(5-1)10-6-2-4-8-12(10)13-11;;;/h2*10-16H,9H2,1-8H3;1-7H;2*1H;/q3*-1;;;+2/p-2. The van der Waals surface area contributed by atoms with Crippen molar-refractivity contribution in [2.45, 2.75) is 145 Å². The minimum Gasteiger partial charge on any atom is -0.184 e. The third kappa shape index (κ3) is 12.6. The van der Waals surface area contributed by atoms with E-state index in [1.807, 2.05) is 6.07 Å². The van der Waals surface area contributed by atoms with E-state index in [0.29, 0.717) is 0 Å². The zero-order valence-electron chi connectivity index (χ0n) is 43.8. The van der Waals surface area contributed by atoms with Gasteiger partial charge in [0.25, 0.3) is 0 Å². The monoisotopic (exact) mass is 1030 g/mol. The molecule has 0 saturated carbocycles. The maximum atomic E-state index is 4.93. The number of fused-ring (bicyclic) bond motifs is 5. The fraction of sp³-hybridized carbons (Fsp3) is 0.344. The van der Waals surface area contributed by atoms with E-state index in [2.05, 4.69) is 238 Å². The molecule has 0 aromatic heterocycles. The fourth-order valence-electron chi connectivity index (χ4n) is 9.23. The van der Waals surface area contributed by atoms with Gasteiger partial charge in [-0.2, -0.15) is 41.6 Å². The minimum atomic E-state index is -0.826. The van der Waals surface area contributed by atoms with Gasteiger partial charge >= 0.3 is 37.9 Å². The SMILES string of the molecule is CCc1ccc2[cH-]c(C)cc2c1-c1cc(C(C)(C)C)cc(C(C)(C)C)c1.CCc1ccc2[cH-]c(C)cc2c1-c1cc(C(C)(C)C)cc(C(C)(C)C)c1.[Cl][Zr][Cl].[c-]1cccc2c1[Si]c1ccccc1-2. The zero-order chi connectivity index (χ0) is 49.9.